The Balaban J connectivity index is 3.29. The van der Waals surface area contributed by atoms with E-state index in [1.807, 2.05) is 0 Å². The van der Waals surface area contributed by atoms with Gasteiger partial charge in [-0.15, -0.1) is 0 Å². The SMILES string of the molecule is O=c1nc(CO)nc(CO)n1CO. The molecule has 0 atom stereocenters. The van der Waals surface area contributed by atoms with Gasteiger partial charge in [0.25, 0.3) is 0 Å². The van der Waals surface area contributed by atoms with Crippen molar-refractivity contribution in [1.29, 1.82) is 0 Å². The maximum absolute atomic E-state index is 11.0. The van der Waals surface area contributed by atoms with Gasteiger partial charge in [-0.05, 0) is 0 Å². The van der Waals surface area contributed by atoms with Crippen molar-refractivity contribution in [1.82, 2.24) is 14.5 Å². The lowest BCUT2D eigenvalue weighted by Crippen LogP contribution is -2.29. The number of aliphatic hydroxyl groups excluding tert-OH is 3. The molecule has 0 aliphatic carbocycles. The number of aliphatic hydroxyl groups is 3. The van der Waals surface area contributed by atoms with Crippen molar-refractivity contribution < 1.29 is 15.3 Å². The zero-order chi connectivity index (χ0) is 9.84. The van der Waals surface area contributed by atoms with Crippen LogP contribution in [0.15, 0.2) is 4.79 Å². The second-order valence-corrected chi connectivity index (χ2v) is 2.22. The highest BCUT2D eigenvalue weighted by Crippen LogP contribution is 1.92. The Morgan fingerprint density at radius 1 is 1.15 bits per heavy atom. The summed E-state index contributed by atoms with van der Waals surface area (Å²) in [5.41, 5.74) is -0.745. The van der Waals surface area contributed by atoms with Crippen LogP contribution in [0.4, 0.5) is 0 Å². The Labute approximate surface area is 72.9 Å². The van der Waals surface area contributed by atoms with Crippen LogP contribution in [0.5, 0.6) is 0 Å². The Bertz CT molecular complexity index is 348. The van der Waals surface area contributed by atoms with E-state index in [2.05, 4.69) is 9.97 Å². The van der Waals surface area contributed by atoms with Gasteiger partial charge in [0.2, 0.25) is 0 Å². The summed E-state index contributed by atoms with van der Waals surface area (Å²) in [4.78, 5) is 18.0. The van der Waals surface area contributed by atoms with Crippen LogP contribution >= 0.6 is 0 Å². The van der Waals surface area contributed by atoms with Gasteiger partial charge in [-0.3, -0.25) is 4.57 Å². The Morgan fingerprint density at radius 2 is 1.85 bits per heavy atom. The molecule has 0 saturated carbocycles. The second-order valence-electron chi connectivity index (χ2n) is 2.22. The van der Waals surface area contributed by atoms with E-state index in [4.69, 9.17) is 15.3 Å². The summed E-state index contributed by atoms with van der Waals surface area (Å²) in [6, 6.07) is 0. The zero-order valence-electron chi connectivity index (χ0n) is 6.71. The summed E-state index contributed by atoms with van der Waals surface area (Å²) in [5.74, 6) is -0.0923. The number of aromatic nitrogens is 3. The molecule has 1 aromatic rings. The molecule has 1 aromatic heterocycles. The molecule has 0 saturated heterocycles. The van der Waals surface area contributed by atoms with Gasteiger partial charge >= 0.3 is 5.69 Å². The minimum Gasteiger partial charge on any atom is -0.388 e. The van der Waals surface area contributed by atoms with Crippen LogP contribution < -0.4 is 5.69 Å². The van der Waals surface area contributed by atoms with E-state index in [0.717, 1.165) is 4.57 Å². The standard InChI is InChI=1S/C6H9N3O4/c10-1-4-7-5(2-11)9(3-12)6(13)8-4/h10-12H,1-3H2. The summed E-state index contributed by atoms with van der Waals surface area (Å²) in [6.45, 7) is -1.57. The van der Waals surface area contributed by atoms with Gasteiger partial charge in [-0.25, -0.2) is 9.78 Å². The monoisotopic (exact) mass is 187 g/mol. The molecule has 7 heteroatoms. The lowest BCUT2D eigenvalue weighted by atomic mass is 10.5. The van der Waals surface area contributed by atoms with Gasteiger partial charge < -0.3 is 15.3 Å². The van der Waals surface area contributed by atoms with Gasteiger partial charge in [0.05, 0.1) is 0 Å². The van der Waals surface area contributed by atoms with Crippen LogP contribution in [0.1, 0.15) is 11.6 Å². The van der Waals surface area contributed by atoms with E-state index in [9.17, 15) is 4.79 Å². The summed E-state index contributed by atoms with van der Waals surface area (Å²) < 4.78 is 0.805. The normalized spacial score (nSPS) is 10.4. The van der Waals surface area contributed by atoms with Crippen molar-refractivity contribution in [3.8, 4) is 0 Å². The summed E-state index contributed by atoms with van der Waals surface area (Å²) in [6.07, 6.45) is 0. The van der Waals surface area contributed by atoms with Crippen molar-refractivity contribution in [2.24, 2.45) is 0 Å². The largest absolute Gasteiger partial charge is 0.388 e. The molecule has 0 unspecified atom stereocenters. The molecule has 0 radical (unpaired) electrons. The third-order valence-corrected chi connectivity index (χ3v) is 1.45. The van der Waals surface area contributed by atoms with Crippen molar-refractivity contribution in [2.75, 3.05) is 0 Å². The minimum absolute atomic E-state index is 0.0217. The summed E-state index contributed by atoms with van der Waals surface area (Å²) in [5, 5.41) is 26.1. The maximum atomic E-state index is 11.0. The molecule has 0 aliphatic rings. The average Bonchev–Trinajstić information content (AvgIpc) is 2.16. The van der Waals surface area contributed by atoms with E-state index >= 15 is 0 Å². The van der Waals surface area contributed by atoms with Gasteiger partial charge in [0, 0.05) is 0 Å². The molecule has 3 N–H and O–H groups in total. The first-order valence-electron chi connectivity index (χ1n) is 3.52. The van der Waals surface area contributed by atoms with Crippen LogP contribution in [0.25, 0.3) is 0 Å². The van der Waals surface area contributed by atoms with Crippen molar-refractivity contribution in [3.05, 3.63) is 22.1 Å². The Kier molecular flexibility index (Phi) is 3.07. The predicted octanol–water partition coefficient (Wildman–Crippen LogP) is -2.43. The van der Waals surface area contributed by atoms with E-state index in [-0.39, 0.29) is 11.6 Å². The molecule has 1 heterocycles. The first-order valence-corrected chi connectivity index (χ1v) is 3.52. The van der Waals surface area contributed by atoms with Crippen LogP contribution in [-0.4, -0.2) is 29.9 Å². The van der Waals surface area contributed by atoms with Crippen molar-refractivity contribution >= 4 is 0 Å². The van der Waals surface area contributed by atoms with E-state index in [0.29, 0.717) is 0 Å². The first-order chi connectivity index (χ1) is 6.22. The fourth-order valence-corrected chi connectivity index (χ4v) is 0.849. The topological polar surface area (TPSA) is 108 Å². The quantitative estimate of drug-likeness (QED) is 0.485. The molecule has 13 heavy (non-hydrogen) atoms. The minimum atomic E-state index is -0.745. The van der Waals surface area contributed by atoms with E-state index < -0.39 is 25.6 Å². The fourth-order valence-electron chi connectivity index (χ4n) is 0.849. The summed E-state index contributed by atoms with van der Waals surface area (Å²) >= 11 is 0. The highest BCUT2D eigenvalue weighted by Gasteiger charge is 2.07. The third-order valence-electron chi connectivity index (χ3n) is 1.45. The third kappa shape index (κ3) is 1.89. The van der Waals surface area contributed by atoms with Crippen LogP contribution in [0.3, 0.4) is 0 Å². The molecular formula is C6H9N3O4. The molecule has 72 valence electrons. The number of rotatable bonds is 3. The molecule has 1 rings (SSSR count). The molecule has 0 amide bonds. The molecule has 7 nitrogen and oxygen atoms in total. The van der Waals surface area contributed by atoms with Crippen molar-refractivity contribution in [2.45, 2.75) is 19.9 Å². The van der Waals surface area contributed by atoms with Gasteiger partial charge in [-0.1, -0.05) is 0 Å². The summed E-state index contributed by atoms with van der Waals surface area (Å²) in [7, 11) is 0. The predicted molar refractivity (Wildman–Crippen MR) is 40.4 cm³/mol. The number of nitrogens with zero attached hydrogens (tertiary/aromatic N) is 3. The molecule has 0 fully saturated rings. The molecule has 0 spiro atoms. The lowest BCUT2D eigenvalue weighted by Gasteiger charge is -2.06. The van der Waals surface area contributed by atoms with Gasteiger partial charge in [0.1, 0.15) is 25.8 Å². The lowest BCUT2D eigenvalue weighted by molar-refractivity contribution is 0.177. The second kappa shape index (κ2) is 4.08. The van der Waals surface area contributed by atoms with E-state index in [1.54, 1.807) is 0 Å². The van der Waals surface area contributed by atoms with Crippen molar-refractivity contribution in [3.63, 3.8) is 0 Å². The van der Waals surface area contributed by atoms with Crippen LogP contribution in [-0.2, 0) is 19.9 Å². The zero-order valence-corrected chi connectivity index (χ0v) is 6.71. The van der Waals surface area contributed by atoms with Crippen LogP contribution in [0, 0.1) is 0 Å². The molecule has 0 aromatic carbocycles. The Hall–Kier alpha value is -1.31. The fraction of sp³-hybridized carbons (Fsp3) is 0.500. The highest BCUT2D eigenvalue weighted by atomic mass is 16.3. The average molecular weight is 187 g/mol. The molecule has 0 aliphatic heterocycles. The Morgan fingerprint density at radius 3 is 2.31 bits per heavy atom. The first kappa shape index (κ1) is 9.78. The number of hydrogen-bond acceptors (Lipinski definition) is 6. The van der Waals surface area contributed by atoms with Crippen LogP contribution in [0.2, 0.25) is 0 Å². The number of hydrogen-bond donors (Lipinski definition) is 3. The van der Waals surface area contributed by atoms with Gasteiger partial charge in [0.15, 0.2) is 5.82 Å². The molecular weight excluding hydrogens is 178 g/mol. The maximum Gasteiger partial charge on any atom is 0.352 e. The van der Waals surface area contributed by atoms with E-state index in [1.165, 1.54) is 0 Å². The highest BCUT2D eigenvalue weighted by molar-refractivity contribution is 4.91. The molecule has 0 bridgehead atoms. The van der Waals surface area contributed by atoms with Gasteiger partial charge in [-0.2, -0.15) is 4.98 Å². The smallest absolute Gasteiger partial charge is 0.352 e.